The summed E-state index contributed by atoms with van der Waals surface area (Å²) in [5, 5.41) is 0.929. The van der Waals surface area contributed by atoms with Crippen molar-refractivity contribution in [1.29, 1.82) is 0 Å². The van der Waals surface area contributed by atoms with Crippen molar-refractivity contribution in [2.75, 3.05) is 0 Å². The lowest BCUT2D eigenvalue weighted by atomic mass is 9.99. The van der Waals surface area contributed by atoms with Gasteiger partial charge in [0.2, 0.25) is 0 Å². The lowest BCUT2D eigenvalue weighted by Crippen LogP contribution is -1.90. The van der Waals surface area contributed by atoms with E-state index in [9.17, 15) is 0 Å². The van der Waals surface area contributed by atoms with Crippen LogP contribution in [0.25, 0.3) is 0 Å². The van der Waals surface area contributed by atoms with Gasteiger partial charge in [0.25, 0.3) is 0 Å². The van der Waals surface area contributed by atoms with Gasteiger partial charge in [0.05, 0.1) is 0 Å². The second-order valence-electron chi connectivity index (χ2n) is 4.08. The van der Waals surface area contributed by atoms with Crippen LogP contribution in [0.4, 0.5) is 0 Å². The summed E-state index contributed by atoms with van der Waals surface area (Å²) >= 11 is 6.23. The second kappa shape index (κ2) is 3.78. The first-order valence-electron chi connectivity index (χ1n) is 5.14. The molecule has 0 spiro atoms. The Morgan fingerprint density at radius 2 is 2.21 bits per heavy atom. The molecule has 74 valence electrons. The van der Waals surface area contributed by atoms with Crippen molar-refractivity contribution in [2.24, 2.45) is 0 Å². The summed E-state index contributed by atoms with van der Waals surface area (Å²) in [7, 11) is 0. The molecule has 1 fully saturated rings. The average Bonchev–Trinajstić information content (AvgIpc) is 3.00. The SMILES string of the molecule is C=CC(C)c1ccc(C2CC2)c(Cl)c1. The lowest BCUT2D eigenvalue weighted by Gasteiger charge is -2.09. The topological polar surface area (TPSA) is 0 Å². The minimum Gasteiger partial charge on any atom is -0.102 e. The molecule has 1 aromatic rings. The molecule has 0 radical (unpaired) electrons. The average molecular weight is 207 g/mol. The van der Waals surface area contributed by atoms with E-state index in [0.717, 1.165) is 10.9 Å². The van der Waals surface area contributed by atoms with Gasteiger partial charge in [-0.3, -0.25) is 0 Å². The molecule has 1 aliphatic carbocycles. The second-order valence-corrected chi connectivity index (χ2v) is 4.49. The van der Waals surface area contributed by atoms with Gasteiger partial charge < -0.3 is 0 Å². The Hall–Kier alpha value is -0.750. The lowest BCUT2D eigenvalue weighted by molar-refractivity contribution is 0.966. The Labute approximate surface area is 90.6 Å². The maximum absolute atomic E-state index is 6.23. The molecule has 1 aliphatic rings. The van der Waals surface area contributed by atoms with Gasteiger partial charge in [0.1, 0.15) is 0 Å². The van der Waals surface area contributed by atoms with E-state index in [1.807, 2.05) is 6.08 Å². The van der Waals surface area contributed by atoms with Crippen LogP contribution in [-0.4, -0.2) is 0 Å². The first kappa shape index (κ1) is 9.79. The number of hydrogen-bond acceptors (Lipinski definition) is 0. The molecule has 0 nitrogen and oxygen atoms in total. The van der Waals surface area contributed by atoms with Crippen LogP contribution in [0.3, 0.4) is 0 Å². The van der Waals surface area contributed by atoms with Crippen molar-refractivity contribution in [3.05, 3.63) is 47.0 Å². The molecule has 0 saturated heterocycles. The highest BCUT2D eigenvalue weighted by Gasteiger charge is 2.25. The molecule has 1 saturated carbocycles. The van der Waals surface area contributed by atoms with Crippen molar-refractivity contribution >= 4 is 11.6 Å². The van der Waals surface area contributed by atoms with Gasteiger partial charge in [0.15, 0.2) is 0 Å². The summed E-state index contributed by atoms with van der Waals surface area (Å²) in [6.07, 6.45) is 4.55. The van der Waals surface area contributed by atoms with Crippen LogP contribution in [0.2, 0.25) is 5.02 Å². The Morgan fingerprint density at radius 3 is 2.71 bits per heavy atom. The van der Waals surface area contributed by atoms with Gasteiger partial charge in [-0.05, 0) is 41.9 Å². The molecular weight excluding hydrogens is 192 g/mol. The molecule has 0 aliphatic heterocycles. The van der Waals surface area contributed by atoms with E-state index in [1.165, 1.54) is 24.0 Å². The molecule has 0 amide bonds. The summed E-state index contributed by atoms with van der Waals surface area (Å²) < 4.78 is 0. The van der Waals surface area contributed by atoms with E-state index in [4.69, 9.17) is 11.6 Å². The number of rotatable bonds is 3. The van der Waals surface area contributed by atoms with E-state index in [0.29, 0.717) is 5.92 Å². The molecule has 1 heteroatoms. The van der Waals surface area contributed by atoms with Crippen molar-refractivity contribution in [3.63, 3.8) is 0 Å². The molecular formula is C13H15Cl. The molecule has 1 aromatic carbocycles. The molecule has 0 bridgehead atoms. The molecule has 2 rings (SSSR count). The van der Waals surface area contributed by atoms with Gasteiger partial charge in [-0.1, -0.05) is 36.7 Å². The Balaban J connectivity index is 2.29. The smallest absolute Gasteiger partial charge is 0.0443 e. The highest BCUT2D eigenvalue weighted by Crippen LogP contribution is 2.43. The van der Waals surface area contributed by atoms with Gasteiger partial charge >= 0.3 is 0 Å². The quantitative estimate of drug-likeness (QED) is 0.639. The summed E-state index contributed by atoms with van der Waals surface area (Å²) in [5.41, 5.74) is 2.58. The fourth-order valence-electron chi connectivity index (χ4n) is 1.69. The number of benzene rings is 1. The Bertz CT molecular complexity index is 350. The van der Waals surface area contributed by atoms with Crippen LogP contribution in [0.5, 0.6) is 0 Å². The fraction of sp³-hybridized carbons (Fsp3) is 0.385. The summed E-state index contributed by atoms with van der Waals surface area (Å²) in [6.45, 7) is 5.93. The van der Waals surface area contributed by atoms with E-state index in [-0.39, 0.29) is 0 Å². The van der Waals surface area contributed by atoms with E-state index < -0.39 is 0 Å². The van der Waals surface area contributed by atoms with E-state index in [1.54, 1.807) is 0 Å². The largest absolute Gasteiger partial charge is 0.102 e. The van der Waals surface area contributed by atoms with Gasteiger partial charge in [-0.15, -0.1) is 6.58 Å². The fourth-order valence-corrected chi connectivity index (χ4v) is 2.03. The monoisotopic (exact) mass is 206 g/mol. The minimum absolute atomic E-state index is 0.390. The predicted molar refractivity (Wildman–Crippen MR) is 62.0 cm³/mol. The summed E-state index contributed by atoms with van der Waals surface area (Å²) in [4.78, 5) is 0. The maximum Gasteiger partial charge on any atom is 0.0443 e. The van der Waals surface area contributed by atoms with Crippen LogP contribution < -0.4 is 0 Å². The number of allylic oxidation sites excluding steroid dienone is 1. The predicted octanol–water partition coefficient (Wildman–Crippen LogP) is 4.51. The van der Waals surface area contributed by atoms with Crippen LogP contribution >= 0.6 is 11.6 Å². The van der Waals surface area contributed by atoms with Crippen molar-refractivity contribution in [1.82, 2.24) is 0 Å². The standard InChI is InChI=1S/C13H15Cl/c1-3-9(2)11-6-7-12(10-4-5-10)13(14)8-11/h3,6-10H,1,4-5H2,2H3. The molecule has 1 unspecified atom stereocenters. The summed E-state index contributed by atoms with van der Waals surface area (Å²) in [6, 6.07) is 6.43. The van der Waals surface area contributed by atoms with Crippen molar-refractivity contribution in [3.8, 4) is 0 Å². The Kier molecular flexibility index (Phi) is 2.64. The molecule has 0 N–H and O–H groups in total. The van der Waals surface area contributed by atoms with Crippen LogP contribution in [0, 0.1) is 0 Å². The van der Waals surface area contributed by atoms with Crippen LogP contribution in [-0.2, 0) is 0 Å². The normalized spacial score (nSPS) is 17.9. The van der Waals surface area contributed by atoms with Crippen molar-refractivity contribution < 1.29 is 0 Å². The zero-order valence-electron chi connectivity index (χ0n) is 8.46. The molecule has 0 heterocycles. The molecule has 14 heavy (non-hydrogen) atoms. The van der Waals surface area contributed by atoms with Gasteiger partial charge in [0, 0.05) is 5.02 Å². The number of hydrogen-bond donors (Lipinski definition) is 0. The zero-order valence-corrected chi connectivity index (χ0v) is 9.22. The third kappa shape index (κ3) is 1.85. The minimum atomic E-state index is 0.390. The third-order valence-electron chi connectivity index (χ3n) is 2.92. The van der Waals surface area contributed by atoms with E-state index in [2.05, 4.69) is 31.7 Å². The van der Waals surface area contributed by atoms with Gasteiger partial charge in [-0.25, -0.2) is 0 Å². The highest BCUT2D eigenvalue weighted by molar-refractivity contribution is 6.31. The van der Waals surface area contributed by atoms with E-state index >= 15 is 0 Å². The first-order valence-corrected chi connectivity index (χ1v) is 5.52. The van der Waals surface area contributed by atoms with Crippen molar-refractivity contribution in [2.45, 2.75) is 31.6 Å². The first-order chi connectivity index (χ1) is 6.72. The van der Waals surface area contributed by atoms with Gasteiger partial charge in [-0.2, -0.15) is 0 Å². The maximum atomic E-state index is 6.23. The van der Waals surface area contributed by atoms with Crippen LogP contribution in [0.1, 0.15) is 42.7 Å². The number of halogens is 1. The summed E-state index contributed by atoms with van der Waals surface area (Å²) in [5.74, 6) is 1.12. The Morgan fingerprint density at radius 1 is 1.50 bits per heavy atom. The molecule has 1 atom stereocenters. The third-order valence-corrected chi connectivity index (χ3v) is 3.25. The van der Waals surface area contributed by atoms with Crippen LogP contribution in [0.15, 0.2) is 30.9 Å². The zero-order chi connectivity index (χ0) is 10.1. The highest BCUT2D eigenvalue weighted by atomic mass is 35.5. The molecule has 0 aromatic heterocycles.